The summed E-state index contributed by atoms with van der Waals surface area (Å²) in [7, 11) is 0. The summed E-state index contributed by atoms with van der Waals surface area (Å²) in [6.07, 6.45) is 11.2. The molecule has 4 heteroatoms. The maximum Gasteiger partial charge on any atom is 0.294 e. The van der Waals surface area contributed by atoms with Gasteiger partial charge in [0.25, 0.3) is 5.92 Å². The molecule has 4 rings (SSSR count). The van der Waals surface area contributed by atoms with E-state index in [1.165, 1.54) is 57.0 Å². The van der Waals surface area contributed by atoms with Crippen molar-refractivity contribution < 1.29 is 8.78 Å². The van der Waals surface area contributed by atoms with Crippen LogP contribution in [-0.4, -0.2) is 12.0 Å². The molecule has 0 bridgehead atoms. The molecule has 0 radical (unpaired) electrons. The number of aliphatic imine (C=N–C) groups is 1. The first kappa shape index (κ1) is 37.5. The van der Waals surface area contributed by atoms with Gasteiger partial charge in [0.15, 0.2) is 0 Å². The van der Waals surface area contributed by atoms with Crippen LogP contribution in [0.15, 0.2) is 125 Å². The van der Waals surface area contributed by atoms with Crippen LogP contribution in [0.5, 0.6) is 0 Å². The zero-order valence-electron chi connectivity index (χ0n) is 26.2. The third kappa shape index (κ3) is 10.3. The lowest BCUT2D eigenvalue weighted by Crippen LogP contribution is -2.15. The van der Waals surface area contributed by atoms with Crippen molar-refractivity contribution in [3.05, 3.63) is 137 Å². The fourth-order valence-corrected chi connectivity index (χ4v) is 4.97. The zero-order valence-corrected chi connectivity index (χ0v) is 27.0. The third-order valence-corrected chi connectivity index (χ3v) is 8.19. The maximum absolute atomic E-state index is 13.4. The van der Waals surface area contributed by atoms with Crippen LogP contribution in [-0.2, 0) is 12.3 Å². The lowest BCUT2D eigenvalue weighted by molar-refractivity contribution is 0.0379. The van der Waals surface area contributed by atoms with Crippen LogP contribution < -0.4 is 0 Å². The Kier molecular flexibility index (Phi) is 15.9. The van der Waals surface area contributed by atoms with Gasteiger partial charge >= 0.3 is 0 Å². The van der Waals surface area contributed by atoms with Crippen molar-refractivity contribution >= 4 is 17.5 Å². The molecular formula is C39H49F2NS. The van der Waals surface area contributed by atoms with Gasteiger partial charge in [-0.15, -0.1) is 11.8 Å². The first-order chi connectivity index (χ1) is 20.0. The molecule has 0 amide bonds. The first-order valence-electron chi connectivity index (χ1n) is 14.4. The second kappa shape index (κ2) is 18.2. The van der Waals surface area contributed by atoms with Crippen LogP contribution in [0.3, 0.4) is 0 Å². The minimum Gasteiger partial charge on any atom is -0.261 e. The Bertz CT molecular complexity index is 1460. The first-order valence-corrected chi connectivity index (χ1v) is 15.6. The van der Waals surface area contributed by atoms with E-state index in [9.17, 15) is 8.78 Å². The average Bonchev–Trinajstić information content (AvgIpc) is 3.56. The lowest BCUT2D eigenvalue weighted by atomic mass is 9.94. The normalized spacial score (nSPS) is 12.4. The Morgan fingerprint density at radius 3 is 2.14 bits per heavy atom. The number of benzene rings is 3. The van der Waals surface area contributed by atoms with Crippen molar-refractivity contribution in [1.29, 1.82) is 0 Å². The number of hydrogen-bond acceptors (Lipinski definition) is 2. The summed E-state index contributed by atoms with van der Waals surface area (Å²) in [5.41, 5.74) is 9.75. The summed E-state index contributed by atoms with van der Waals surface area (Å²) in [6, 6.07) is 21.9. The standard InChI is InChI=1S/C19H19NS.C11H12F2.C8H14.CH4/c1-3-14-13-15(18-8-6-12-20-18)10-11-16(14)17-7-4-5-9-19(17)21-2;1-8(2)11(12,13)10-7-5-4-6-9(10)3;1-5-7(3)8(4)6-2;/h4-7,9-13H,3,8H2,1-2H3;4-7H,1H2,2-3H3;5H,1,6H2,2-4H3;1H4/b;;8-7-;. The van der Waals surface area contributed by atoms with Crippen LogP contribution in [0.2, 0.25) is 0 Å². The Morgan fingerprint density at radius 2 is 1.63 bits per heavy atom. The highest BCUT2D eigenvalue weighted by atomic mass is 32.2. The van der Waals surface area contributed by atoms with E-state index in [4.69, 9.17) is 0 Å². The molecule has 0 saturated carbocycles. The van der Waals surface area contributed by atoms with E-state index < -0.39 is 5.92 Å². The Balaban J connectivity index is 0.000000361. The molecule has 3 aromatic rings. The SMILES string of the molecule is C.C=C(C)C(F)(F)c1ccccc1C.C=C/C(C)=C(/C)CC.CCc1cc(C2=NC=CC2)ccc1-c1ccccc1SC. The number of halogens is 2. The number of nitrogens with zero attached hydrogens (tertiary/aromatic N) is 1. The van der Waals surface area contributed by atoms with Crippen molar-refractivity contribution in [3.8, 4) is 11.1 Å². The van der Waals surface area contributed by atoms with Crippen LogP contribution in [0.25, 0.3) is 11.1 Å². The summed E-state index contributed by atoms with van der Waals surface area (Å²) in [5.74, 6) is -2.91. The fourth-order valence-electron chi connectivity index (χ4n) is 4.36. The van der Waals surface area contributed by atoms with Crippen LogP contribution >= 0.6 is 11.8 Å². The van der Waals surface area contributed by atoms with Gasteiger partial charge in [-0.05, 0) is 92.3 Å². The lowest BCUT2D eigenvalue weighted by Gasteiger charge is -2.18. The molecule has 230 valence electrons. The monoisotopic (exact) mass is 601 g/mol. The van der Waals surface area contributed by atoms with E-state index in [2.05, 4.69) is 101 Å². The van der Waals surface area contributed by atoms with Gasteiger partial charge in [0.05, 0.1) is 5.71 Å². The molecular weight excluding hydrogens is 552 g/mol. The van der Waals surface area contributed by atoms with Gasteiger partial charge in [-0.2, -0.15) is 8.78 Å². The van der Waals surface area contributed by atoms with E-state index in [1.807, 2.05) is 12.3 Å². The topological polar surface area (TPSA) is 12.4 Å². The number of alkyl halides is 2. The van der Waals surface area contributed by atoms with Crippen molar-refractivity contribution in [2.24, 2.45) is 4.99 Å². The quantitative estimate of drug-likeness (QED) is 0.142. The average molecular weight is 602 g/mol. The van der Waals surface area contributed by atoms with E-state index in [0.717, 1.165) is 19.3 Å². The molecule has 1 heterocycles. The highest BCUT2D eigenvalue weighted by molar-refractivity contribution is 7.98. The molecule has 0 spiro atoms. The van der Waals surface area contributed by atoms with E-state index >= 15 is 0 Å². The van der Waals surface area contributed by atoms with Crippen LogP contribution in [0.4, 0.5) is 8.78 Å². The summed E-state index contributed by atoms with van der Waals surface area (Å²) < 4.78 is 26.9. The van der Waals surface area contributed by atoms with Gasteiger partial charge in [0.2, 0.25) is 0 Å². The number of allylic oxidation sites excluding steroid dienone is 5. The molecule has 0 aromatic heterocycles. The van der Waals surface area contributed by atoms with E-state index in [0.29, 0.717) is 5.56 Å². The van der Waals surface area contributed by atoms with E-state index in [1.54, 1.807) is 36.9 Å². The second-order valence-corrected chi connectivity index (χ2v) is 11.1. The van der Waals surface area contributed by atoms with Crippen LogP contribution in [0, 0.1) is 6.92 Å². The molecule has 1 nitrogen and oxygen atoms in total. The Morgan fingerprint density at radius 1 is 0.977 bits per heavy atom. The second-order valence-electron chi connectivity index (χ2n) is 10.3. The van der Waals surface area contributed by atoms with Gasteiger partial charge in [-0.1, -0.05) is 112 Å². The Hall–Kier alpha value is -3.50. The van der Waals surface area contributed by atoms with Gasteiger partial charge in [-0.25, -0.2) is 0 Å². The molecule has 0 N–H and O–H groups in total. The molecule has 0 atom stereocenters. The van der Waals surface area contributed by atoms with Crippen molar-refractivity contribution in [2.45, 2.75) is 79.0 Å². The van der Waals surface area contributed by atoms with Crippen molar-refractivity contribution in [1.82, 2.24) is 0 Å². The molecule has 1 aliphatic rings. The van der Waals surface area contributed by atoms with Gasteiger partial charge in [0, 0.05) is 23.1 Å². The summed E-state index contributed by atoms with van der Waals surface area (Å²) in [4.78, 5) is 5.78. The summed E-state index contributed by atoms with van der Waals surface area (Å²) >= 11 is 1.81. The summed E-state index contributed by atoms with van der Waals surface area (Å²) in [6.45, 7) is 18.6. The van der Waals surface area contributed by atoms with E-state index in [-0.39, 0.29) is 18.6 Å². The van der Waals surface area contributed by atoms with Gasteiger partial charge in [-0.3, -0.25) is 4.99 Å². The van der Waals surface area contributed by atoms with Gasteiger partial charge < -0.3 is 0 Å². The number of hydrogen-bond donors (Lipinski definition) is 0. The molecule has 0 saturated heterocycles. The fraction of sp³-hybridized carbons (Fsp3) is 0.308. The summed E-state index contributed by atoms with van der Waals surface area (Å²) in [5, 5.41) is 0. The highest BCUT2D eigenvalue weighted by Crippen LogP contribution is 2.36. The van der Waals surface area contributed by atoms with Crippen molar-refractivity contribution in [2.75, 3.05) is 6.26 Å². The molecule has 1 aliphatic heterocycles. The molecule has 43 heavy (non-hydrogen) atoms. The number of thioether (sulfide) groups is 1. The number of aryl methyl sites for hydroxylation is 2. The maximum atomic E-state index is 13.4. The molecule has 0 fully saturated rings. The molecule has 0 unspecified atom stereocenters. The smallest absolute Gasteiger partial charge is 0.261 e. The minimum absolute atomic E-state index is 0. The van der Waals surface area contributed by atoms with Crippen molar-refractivity contribution in [3.63, 3.8) is 0 Å². The largest absolute Gasteiger partial charge is 0.294 e. The predicted molar refractivity (Wildman–Crippen MR) is 189 cm³/mol. The minimum atomic E-state index is -2.91. The Labute approximate surface area is 264 Å². The predicted octanol–water partition coefficient (Wildman–Crippen LogP) is 12.6. The molecule has 0 aliphatic carbocycles. The van der Waals surface area contributed by atoms with Gasteiger partial charge in [0.1, 0.15) is 0 Å². The highest BCUT2D eigenvalue weighted by Gasteiger charge is 2.33. The third-order valence-electron chi connectivity index (χ3n) is 7.39. The van der Waals surface area contributed by atoms with Crippen LogP contribution in [0.1, 0.15) is 77.1 Å². The number of rotatable bonds is 8. The molecule has 3 aromatic carbocycles. The zero-order chi connectivity index (χ0) is 31.3.